The standard InChI is InChI=1S/C21H20N6O/c1-15-11-16(2)26(25-15)12-17-3-5-18(6-4-17)21(28)24-19-7-9-20(10-8-19)27-14-22-13-23-27/h3-11,13-14H,12H2,1-2H3,(H,24,28). The third-order valence-corrected chi connectivity index (χ3v) is 4.46. The molecule has 4 rings (SSSR count). The molecule has 0 fully saturated rings. The van der Waals surface area contributed by atoms with E-state index in [1.807, 2.05) is 67.1 Å². The molecular formula is C21H20N6O. The predicted molar refractivity (Wildman–Crippen MR) is 107 cm³/mol. The summed E-state index contributed by atoms with van der Waals surface area (Å²) in [7, 11) is 0. The van der Waals surface area contributed by atoms with Crippen LogP contribution in [0.25, 0.3) is 5.69 Å². The molecule has 4 aromatic rings. The highest BCUT2D eigenvalue weighted by Crippen LogP contribution is 2.14. The van der Waals surface area contributed by atoms with E-state index < -0.39 is 0 Å². The van der Waals surface area contributed by atoms with E-state index in [1.165, 1.54) is 6.33 Å². The summed E-state index contributed by atoms with van der Waals surface area (Å²) in [6.45, 7) is 4.71. The van der Waals surface area contributed by atoms with Gasteiger partial charge in [-0.05, 0) is 61.9 Å². The lowest BCUT2D eigenvalue weighted by atomic mass is 10.1. The van der Waals surface area contributed by atoms with Gasteiger partial charge in [0.15, 0.2) is 0 Å². The highest BCUT2D eigenvalue weighted by Gasteiger charge is 2.08. The molecule has 0 saturated heterocycles. The summed E-state index contributed by atoms with van der Waals surface area (Å²) in [6.07, 6.45) is 3.11. The summed E-state index contributed by atoms with van der Waals surface area (Å²) in [6, 6.07) is 17.1. The lowest BCUT2D eigenvalue weighted by Gasteiger charge is -2.08. The number of anilines is 1. The molecule has 0 aliphatic heterocycles. The number of aryl methyl sites for hydroxylation is 2. The van der Waals surface area contributed by atoms with E-state index in [-0.39, 0.29) is 5.91 Å². The smallest absolute Gasteiger partial charge is 0.255 e. The first kappa shape index (κ1) is 17.7. The second kappa shape index (κ2) is 7.48. The van der Waals surface area contributed by atoms with E-state index in [0.29, 0.717) is 12.1 Å². The van der Waals surface area contributed by atoms with Crippen molar-refractivity contribution in [3.05, 3.63) is 89.8 Å². The lowest BCUT2D eigenvalue weighted by Crippen LogP contribution is -2.12. The molecule has 0 aliphatic carbocycles. The minimum absolute atomic E-state index is 0.147. The first-order chi connectivity index (χ1) is 13.6. The molecule has 2 heterocycles. The van der Waals surface area contributed by atoms with Crippen molar-refractivity contribution in [3.63, 3.8) is 0 Å². The topological polar surface area (TPSA) is 77.6 Å². The van der Waals surface area contributed by atoms with Crippen molar-refractivity contribution in [1.29, 1.82) is 0 Å². The average Bonchev–Trinajstić information content (AvgIpc) is 3.33. The monoisotopic (exact) mass is 372 g/mol. The van der Waals surface area contributed by atoms with Gasteiger partial charge >= 0.3 is 0 Å². The van der Waals surface area contributed by atoms with Crippen LogP contribution in [-0.4, -0.2) is 30.5 Å². The maximum absolute atomic E-state index is 12.5. The van der Waals surface area contributed by atoms with Gasteiger partial charge in [-0.15, -0.1) is 0 Å². The van der Waals surface area contributed by atoms with Crippen LogP contribution < -0.4 is 5.32 Å². The van der Waals surface area contributed by atoms with Crippen molar-refractivity contribution >= 4 is 11.6 Å². The molecule has 1 amide bonds. The second-order valence-corrected chi connectivity index (χ2v) is 6.62. The van der Waals surface area contributed by atoms with Gasteiger partial charge in [0.2, 0.25) is 0 Å². The Kier molecular flexibility index (Phi) is 4.72. The largest absolute Gasteiger partial charge is 0.322 e. The Labute approximate surface area is 162 Å². The van der Waals surface area contributed by atoms with Gasteiger partial charge in [-0.1, -0.05) is 12.1 Å². The van der Waals surface area contributed by atoms with Crippen LogP contribution in [0.5, 0.6) is 0 Å². The van der Waals surface area contributed by atoms with E-state index in [4.69, 9.17) is 0 Å². The zero-order valence-electron chi connectivity index (χ0n) is 15.7. The maximum atomic E-state index is 12.5. The Balaban J connectivity index is 1.41. The first-order valence-electron chi connectivity index (χ1n) is 8.95. The molecule has 0 spiro atoms. The molecular weight excluding hydrogens is 352 g/mol. The lowest BCUT2D eigenvalue weighted by molar-refractivity contribution is 0.102. The van der Waals surface area contributed by atoms with Gasteiger partial charge in [0.25, 0.3) is 5.91 Å². The molecule has 2 aromatic carbocycles. The molecule has 140 valence electrons. The summed E-state index contributed by atoms with van der Waals surface area (Å²) in [5.41, 5.74) is 5.43. The number of hydrogen-bond acceptors (Lipinski definition) is 4. The van der Waals surface area contributed by atoms with Crippen LogP contribution in [0.2, 0.25) is 0 Å². The van der Waals surface area contributed by atoms with Gasteiger partial charge in [0.1, 0.15) is 12.7 Å². The first-order valence-corrected chi connectivity index (χ1v) is 8.95. The van der Waals surface area contributed by atoms with Crippen molar-refractivity contribution < 1.29 is 4.79 Å². The summed E-state index contributed by atoms with van der Waals surface area (Å²) < 4.78 is 3.62. The number of amides is 1. The van der Waals surface area contributed by atoms with Gasteiger partial charge in [-0.2, -0.15) is 10.2 Å². The SMILES string of the molecule is Cc1cc(C)n(Cc2ccc(C(=O)Nc3ccc(-n4cncn4)cc3)cc2)n1. The number of benzene rings is 2. The number of nitrogens with zero attached hydrogens (tertiary/aromatic N) is 5. The van der Waals surface area contributed by atoms with Crippen LogP contribution in [0, 0.1) is 13.8 Å². The van der Waals surface area contributed by atoms with Gasteiger partial charge in [0.05, 0.1) is 17.9 Å². The number of rotatable bonds is 5. The fraction of sp³-hybridized carbons (Fsp3) is 0.143. The Morgan fingerprint density at radius 1 is 1.04 bits per heavy atom. The quantitative estimate of drug-likeness (QED) is 0.583. The molecule has 0 saturated carbocycles. The van der Waals surface area contributed by atoms with E-state index in [1.54, 1.807) is 11.0 Å². The normalized spacial score (nSPS) is 10.8. The van der Waals surface area contributed by atoms with E-state index in [0.717, 1.165) is 28.3 Å². The van der Waals surface area contributed by atoms with Crippen LogP contribution in [0.4, 0.5) is 5.69 Å². The summed E-state index contributed by atoms with van der Waals surface area (Å²) in [5, 5.41) is 11.5. The highest BCUT2D eigenvalue weighted by molar-refractivity contribution is 6.04. The number of nitrogens with one attached hydrogen (secondary N) is 1. The maximum Gasteiger partial charge on any atom is 0.255 e. The van der Waals surface area contributed by atoms with E-state index in [2.05, 4.69) is 26.6 Å². The van der Waals surface area contributed by atoms with E-state index in [9.17, 15) is 4.79 Å². The summed E-state index contributed by atoms with van der Waals surface area (Å²) >= 11 is 0. The fourth-order valence-electron chi connectivity index (χ4n) is 3.01. The summed E-state index contributed by atoms with van der Waals surface area (Å²) in [5.74, 6) is -0.147. The number of carbonyl (C=O) groups is 1. The Morgan fingerprint density at radius 3 is 2.39 bits per heavy atom. The van der Waals surface area contributed by atoms with Gasteiger partial charge < -0.3 is 5.32 Å². The predicted octanol–water partition coefficient (Wildman–Crippen LogP) is 3.38. The van der Waals surface area contributed by atoms with Gasteiger partial charge in [0, 0.05) is 16.9 Å². The molecule has 0 radical (unpaired) electrons. The Bertz CT molecular complexity index is 1080. The van der Waals surface area contributed by atoms with Gasteiger partial charge in [-0.25, -0.2) is 9.67 Å². The minimum Gasteiger partial charge on any atom is -0.322 e. The fourth-order valence-corrected chi connectivity index (χ4v) is 3.01. The molecule has 2 aromatic heterocycles. The summed E-state index contributed by atoms with van der Waals surface area (Å²) in [4.78, 5) is 16.4. The molecule has 7 nitrogen and oxygen atoms in total. The van der Waals surface area contributed by atoms with Crippen molar-refractivity contribution in [3.8, 4) is 5.69 Å². The zero-order valence-corrected chi connectivity index (χ0v) is 15.7. The van der Waals surface area contributed by atoms with Crippen LogP contribution >= 0.6 is 0 Å². The van der Waals surface area contributed by atoms with E-state index >= 15 is 0 Å². The Morgan fingerprint density at radius 2 is 1.79 bits per heavy atom. The Hall–Kier alpha value is -3.74. The minimum atomic E-state index is -0.147. The van der Waals surface area contributed by atoms with Crippen molar-refractivity contribution in [2.24, 2.45) is 0 Å². The molecule has 0 unspecified atom stereocenters. The van der Waals surface area contributed by atoms with Crippen molar-refractivity contribution in [2.75, 3.05) is 5.32 Å². The zero-order chi connectivity index (χ0) is 19.5. The number of aromatic nitrogens is 5. The number of carbonyl (C=O) groups excluding carboxylic acids is 1. The molecule has 7 heteroatoms. The van der Waals surface area contributed by atoms with Gasteiger partial charge in [-0.3, -0.25) is 9.48 Å². The third-order valence-electron chi connectivity index (χ3n) is 4.46. The average molecular weight is 372 g/mol. The molecule has 0 aliphatic rings. The molecule has 0 atom stereocenters. The van der Waals surface area contributed by atoms with Crippen LogP contribution in [-0.2, 0) is 6.54 Å². The number of hydrogen-bond donors (Lipinski definition) is 1. The molecule has 0 bridgehead atoms. The van der Waals surface area contributed by atoms with Crippen molar-refractivity contribution in [1.82, 2.24) is 24.5 Å². The second-order valence-electron chi connectivity index (χ2n) is 6.62. The van der Waals surface area contributed by atoms with Crippen LogP contribution in [0.3, 0.4) is 0 Å². The van der Waals surface area contributed by atoms with Crippen LogP contribution in [0.15, 0.2) is 67.3 Å². The molecule has 1 N–H and O–H groups in total. The van der Waals surface area contributed by atoms with Crippen molar-refractivity contribution in [2.45, 2.75) is 20.4 Å². The highest BCUT2D eigenvalue weighted by atomic mass is 16.1. The third kappa shape index (κ3) is 3.83. The van der Waals surface area contributed by atoms with Crippen LogP contribution in [0.1, 0.15) is 27.3 Å². The molecule has 28 heavy (non-hydrogen) atoms.